The molecule has 0 bridgehead atoms. The third-order valence-corrected chi connectivity index (χ3v) is 17.0. The van der Waals surface area contributed by atoms with Gasteiger partial charge in [-0.3, -0.25) is 4.57 Å². The van der Waals surface area contributed by atoms with Gasteiger partial charge in [0.1, 0.15) is 5.82 Å². The van der Waals surface area contributed by atoms with Crippen LogP contribution in [0.2, 0.25) is 0 Å². The van der Waals surface area contributed by atoms with Crippen LogP contribution in [0.4, 0.5) is 0 Å². The van der Waals surface area contributed by atoms with Crippen molar-refractivity contribution in [3.05, 3.63) is 295 Å². The number of rotatable bonds is 11. The zero-order chi connectivity index (χ0) is 80.2. The van der Waals surface area contributed by atoms with E-state index in [4.69, 9.17) is 22.1 Å². The van der Waals surface area contributed by atoms with Crippen LogP contribution in [0.15, 0.2) is 254 Å². The van der Waals surface area contributed by atoms with Crippen LogP contribution in [-0.2, 0) is 42.7 Å². The molecule has 14 aromatic rings. The fourth-order valence-corrected chi connectivity index (χ4v) is 11.8. The predicted octanol–water partition coefficient (Wildman–Crippen LogP) is 22.8. The molecule has 94 heavy (non-hydrogen) atoms. The minimum atomic E-state index is -0.888. The Morgan fingerprint density at radius 3 is 1.57 bits per heavy atom. The first kappa shape index (κ1) is 44.8. The Bertz CT molecular complexity index is 6060. The average Bonchev–Trinajstić information content (AvgIpc) is 0.965. The second kappa shape index (κ2) is 24.7. The van der Waals surface area contributed by atoms with Crippen molar-refractivity contribution in [3.8, 4) is 95.5 Å². The molecule has 0 unspecified atom stereocenters. The van der Waals surface area contributed by atoms with Crippen molar-refractivity contribution in [2.24, 2.45) is 0 Å². The zero-order valence-corrected chi connectivity index (χ0v) is 56.6. The fourth-order valence-electron chi connectivity index (χ4n) is 11.8. The molecule has 0 aliphatic carbocycles. The molecule has 0 spiro atoms. The summed E-state index contributed by atoms with van der Waals surface area (Å²) in [5.74, 6) is 1.32. The maximum absolute atomic E-state index is 10.8. The van der Waals surface area contributed by atoms with Gasteiger partial charge in [0.25, 0.3) is 6.33 Å². The number of pyridine rings is 1. The topological polar surface area (TPSA) is 35.9 Å². The minimum absolute atomic E-state index is 0. The molecule has 6 heteroatoms. The van der Waals surface area contributed by atoms with Crippen LogP contribution >= 0.6 is 0 Å². The Morgan fingerprint density at radius 1 is 0.415 bits per heavy atom. The van der Waals surface area contributed by atoms with E-state index in [2.05, 4.69) is 136 Å². The van der Waals surface area contributed by atoms with Gasteiger partial charge in [-0.05, 0) is 176 Å². The number of fused-ring (bicyclic) bond motifs is 4. The molecule has 11 aromatic carbocycles. The maximum Gasteiger partial charge on any atom is 0.268 e. The number of para-hydroxylation sites is 1. The molecule has 468 valence electrons. The molecular formula is C88H78N4OPt-2. The van der Waals surface area contributed by atoms with Gasteiger partial charge in [-0.25, -0.2) is 4.98 Å². The smallest absolute Gasteiger partial charge is 0.268 e. The SMILES string of the molecule is [2H]c1c([2H])c([2H])c(-c2cc(-c3cc(C(C)(C)C)cc(C(C)(C)C)c3)c(-[n+]3[c-]n(-c4[c-]c(Oc5[c-]c6c(cc5)c5ccccc5n6-c5cc(C(C)(C)C)ccn5)ccc4)c4cc(-c5ccc(C(C)(C)C)cc5)ccc43)c(-c3c([2H])c(-c4c([2H])c([2H])c([2H])c([2H])c4[2H])c([2H])c(-c4c([2H])c([2H])c([2H])c([2H])c4[2H])c3[2H])c2)c([2H])c1[2H].[Pt]. The Balaban J connectivity index is 0.0000110. The van der Waals surface area contributed by atoms with Gasteiger partial charge in [0.15, 0.2) is 0 Å². The molecule has 0 fully saturated rings. The molecule has 0 N–H and O–H groups in total. The van der Waals surface area contributed by atoms with Crippen molar-refractivity contribution in [3.63, 3.8) is 0 Å². The molecule has 0 radical (unpaired) electrons. The second-order valence-corrected chi connectivity index (χ2v) is 27.6. The summed E-state index contributed by atoms with van der Waals surface area (Å²) in [7, 11) is 0. The summed E-state index contributed by atoms with van der Waals surface area (Å²) in [5.41, 5.74) is 3.99. The summed E-state index contributed by atoms with van der Waals surface area (Å²) in [4.78, 5) is 4.88. The predicted molar refractivity (Wildman–Crippen MR) is 387 cm³/mol. The number of aromatic nitrogens is 4. The zero-order valence-electron chi connectivity index (χ0n) is 72.4. The molecule has 0 aliphatic heterocycles. The van der Waals surface area contributed by atoms with Crippen LogP contribution in [-0.4, -0.2) is 14.1 Å². The average molecular weight is 1420 g/mol. The van der Waals surface area contributed by atoms with E-state index in [9.17, 15) is 12.3 Å². The normalized spacial score (nSPS) is 14.9. The summed E-state index contributed by atoms with van der Waals surface area (Å²) in [6.07, 6.45) is 5.50. The Morgan fingerprint density at radius 2 is 0.968 bits per heavy atom. The summed E-state index contributed by atoms with van der Waals surface area (Å²) in [6, 6.07) is 37.4. The fraction of sp³-hybridized carbons (Fsp3) is 0.182. The van der Waals surface area contributed by atoms with Gasteiger partial charge in [-0.2, -0.15) is 18.2 Å². The molecule has 0 amide bonds. The Hall–Kier alpha value is -9.67. The van der Waals surface area contributed by atoms with Gasteiger partial charge in [-0.1, -0.05) is 252 Å². The summed E-state index contributed by atoms with van der Waals surface area (Å²) >= 11 is 0. The van der Waals surface area contributed by atoms with Crippen molar-refractivity contribution in [1.29, 1.82) is 0 Å². The molecule has 0 atom stereocenters. The number of nitrogens with zero attached hydrogens (tertiary/aromatic N) is 4. The van der Waals surface area contributed by atoms with Gasteiger partial charge in [-0.15, -0.1) is 29.7 Å². The van der Waals surface area contributed by atoms with E-state index in [1.54, 1.807) is 27.3 Å². The van der Waals surface area contributed by atoms with Crippen molar-refractivity contribution < 1.29 is 55.0 Å². The largest absolute Gasteiger partial charge is 0.510 e. The number of hydrogen-bond donors (Lipinski definition) is 0. The van der Waals surface area contributed by atoms with Gasteiger partial charge in [0, 0.05) is 44.3 Å². The van der Waals surface area contributed by atoms with Crippen LogP contribution in [0.25, 0.3) is 117 Å². The number of imidazole rings is 1. The van der Waals surface area contributed by atoms with Gasteiger partial charge >= 0.3 is 0 Å². The molecule has 0 saturated carbocycles. The van der Waals surface area contributed by atoms with Gasteiger partial charge in [0.2, 0.25) is 0 Å². The molecule has 0 saturated heterocycles. The summed E-state index contributed by atoms with van der Waals surface area (Å²) in [6.45, 7) is 25.2. The van der Waals surface area contributed by atoms with E-state index >= 15 is 0 Å². The Labute approximate surface area is 594 Å². The van der Waals surface area contributed by atoms with Crippen molar-refractivity contribution >= 4 is 32.8 Å². The van der Waals surface area contributed by atoms with Crippen LogP contribution in [0, 0.1) is 18.5 Å². The second-order valence-electron chi connectivity index (χ2n) is 27.6. The standard InChI is InChI=1S/C88H78N4O.Pt/c1-85(2,3)68-38-35-61(36-39-68)62-37-42-80-82(52-62)90(72-31-24-32-73(55-72)93-74-40-41-76-75-33-22-23-34-79(75)92(81(76)56-74)83-54-69(43-44-89-83)86(4,5)6)57-91(80)84-77(66-46-63(58-25-16-13-17-26-58)45-64(47-66)59-27-18-14-19-28-59)50-65(60-29-20-15-21-30-60)51-78(84)67-48-70(87(7,8)9)53-71(49-67)88(10,11)12;/h13-54H,1-12H3;/q-2;/i13D,14D,15D,16D,17D,18D,19D,20D,21D,25D,26D,27D,28D,29D,30D,45D,46D,47D;. The summed E-state index contributed by atoms with van der Waals surface area (Å²) in [5, 5.41) is 1.91. The maximum atomic E-state index is 10.8. The molecular weight excluding hydrogens is 1320 g/mol. The van der Waals surface area contributed by atoms with Crippen LogP contribution in [0.3, 0.4) is 0 Å². The number of benzene rings is 11. The third kappa shape index (κ3) is 12.4. The molecule has 0 aliphatic rings. The van der Waals surface area contributed by atoms with Crippen molar-refractivity contribution in [1.82, 2.24) is 14.1 Å². The van der Waals surface area contributed by atoms with E-state index in [-0.39, 0.29) is 65.6 Å². The quantitative estimate of drug-likeness (QED) is 0.0956. The van der Waals surface area contributed by atoms with Crippen LogP contribution < -0.4 is 9.30 Å². The number of ether oxygens (including phenoxy) is 1. The van der Waals surface area contributed by atoms with Gasteiger partial charge in [0.05, 0.1) is 41.4 Å². The molecule has 5 nitrogen and oxygen atoms in total. The van der Waals surface area contributed by atoms with E-state index in [1.807, 2.05) is 91.1 Å². The van der Waals surface area contributed by atoms with Crippen molar-refractivity contribution in [2.45, 2.75) is 105 Å². The molecule has 3 aromatic heterocycles. The molecule has 3 heterocycles. The van der Waals surface area contributed by atoms with E-state index < -0.39 is 147 Å². The summed E-state index contributed by atoms with van der Waals surface area (Å²) < 4.78 is 182. The number of hydrogen-bond acceptors (Lipinski definition) is 2. The van der Waals surface area contributed by atoms with Crippen LogP contribution in [0.5, 0.6) is 11.5 Å². The first-order valence-corrected chi connectivity index (χ1v) is 31.0. The van der Waals surface area contributed by atoms with E-state index in [0.29, 0.717) is 39.4 Å². The van der Waals surface area contributed by atoms with Gasteiger partial charge < -0.3 is 13.9 Å². The van der Waals surface area contributed by atoms with E-state index in [0.717, 1.165) is 49.7 Å². The van der Waals surface area contributed by atoms with Crippen LogP contribution in [0.1, 0.15) is 130 Å². The minimum Gasteiger partial charge on any atom is -0.510 e. The first-order chi connectivity index (χ1) is 52.1. The third-order valence-electron chi connectivity index (χ3n) is 17.0. The monoisotopic (exact) mass is 1420 g/mol. The van der Waals surface area contributed by atoms with E-state index in [1.165, 1.54) is 6.07 Å². The Kier molecular flexibility index (Phi) is 11.8. The van der Waals surface area contributed by atoms with Crippen molar-refractivity contribution in [2.75, 3.05) is 0 Å². The first-order valence-electron chi connectivity index (χ1n) is 40.0. The molecule has 14 rings (SSSR count).